The van der Waals surface area contributed by atoms with Crippen molar-refractivity contribution in [3.8, 4) is 0 Å². The SMILES string of the molecule is Brc1cc2nc(CCCCCC3CCCCC3)[nH]c2cc1Br. The molecule has 2 aromatic rings. The summed E-state index contributed by atoms with van der Waals surface area (Å²) >= 11 is 7.08. The number of rotatable bonds is 6. The Balaban J connectivity index is 1.43. The van der Waals surface area contributed by atoms with Gasteiger partial charge in [-0.2, -0.15) is 0 Å². The number of aromatic nitrogens is 2. The van der Waals surface area contributed by atoms with Gasteiger partial charge in [0.2, 0.25) is 0 Å². The largest absolute Gasteiger partial charge is 0.342 e. The van der Waals surface area contributed by atoms with Gasteiger partial charge < -0.3 is 4.98 Å². The number of aromatic amines is 1. The molecule has 1 aromatic carbocycles. The lowest BCUT2D eigenvalue weighted by molar-refractivity contribution is 0.328. The molecule has 0 atom stereocenters. The van der Waals surface area contributed by atoms with Crippen LogP contribution in [0.25, 0.3) is 11.0 Å². The highest BCUT2D eigenvalue weighted by atomic mass is 79.9. The molecular formula is C18H24Br2N2. The van der Waals surface area contributed by atoms with Crippen molar-refractivity contribution in [3.63, 3.8) is 0 Å². The van der Waals surface area contributed by atoms with Gasteiger partial charge in [0.05, 0.1) is 11.0 Å². The third kappa shape index (κ3) is 4.35. The lowest BCUT2D eigenvalue weighted by Gasteiger charge is -2.21. The number of nitrogens with one attached hydrogen (secondary N) is 1. The van der Waals surface area contributed by atoms with Crippen LogP contribution in [-0.4, -0.2) is 9.97 Å². The second-order valence-electron chi connectivity index (χ2n) is 6.57. The first-order chi connectivity index (χ1) is 10.7. The van der Waals surface area contributed by atoms with E-state index in [-0.39, 0.29) is 0 Å². The zero-order valence-corrected chi connectivity index (χ0v) is 16.2. The highest BCUT2D eigenvalue weighted by molar-refractivity contribution is 9.13. The predicted molar refractivity (Wildman–Crippen MR) is 100 cm³/mol. The average Bonchev–Trinajstić information content (AvgIpc) is 2.90. The Morgan fingerprint density at radius 1 is 1.00 bits per heavy atom. The van der Waals surface area contributed by atoms with Crippen LogP contribution in [-0.2, 0) is 6.42 Å². The lowest BCUT2D eigenvalue weighted by atomic mass is 9.85. The van der Waals surface area contributed by atoms with E-state index in [0.717, 1.165) is 38.1 Å². The van der Waals surface area contributed by atoms with E-state index in [4.69, 9.17) is 4.98 Å². The summed E-state index contributed by atoms with van der Waals surface area (Å²) in [4.78, 5) is 8.14. The zero-order valence-electron chi connectivity index (χ0n) is 13.0. The minimum absolute atomic E-state index is 1.02. The fourth-order valence-electron chi connectivity index (χ4n) is 3.55. The van der Waals surface area contributed by atoms with Crippen LogP contribution >= 0.6 is 31.9 Å². The zero-order chi connectivity index (χ0) is 15.4. The van der Waals surface area contributed by atoms with E-state index in [2.05, 4.69) is 49.0 Å². The molecule has 1 N–H and O–H groups in total. The fourth-order valence-corrected chi connectivity index (χ4v) is 4.23. The van der Waals surface area contributed by atoms with Gasteiger partial charge >= 0.3 is 0 Å². The Kier molecular flexibility index (Phi) is 5.97. The molecule has 1 aromatic heterocycles. The van der Waals surface area contributed by atoms with Crippen LogP contribution < -0.4 is 0 Å². The van der Waals surface area contributed by atoms with E-state index < -0.39 is 0 Å². The molecule has 1 aliphatic carbocycles. The normalized spacial score (nSPS) is 16.5. The summed E-state index contributed by atoms with van der Waals surface area (Å²) in [7, 11) is 0. The van der Waals surface area contributed by atoms with Crippen molar-refractivity contribution in [2.45, 2.75) is 64.2 Å². The number of hydrogen-bond donors (Lipinski definition) is 1. The first kappa shape index (κ1) is 16.5. The number of unbranched alkanes of at least 4 members (excludes halogenated alkanes) is 2. The first-order valence-electron chi connectivity index (χ1n) is 8.56. The summed E-state index contributed by atoms with van der Waals surface area (Å²) in [6.07, 6.45) is 13.8. The van der Waals surface area contributed by atoms with Gasteiger partial charge in [-0.1, -0.05) is 51.4 Å². The van der Waals surface area contributed by atoms with Crippen molar-refractivity contribution in [2.75, 3.05) is 0 Å². The summed E-state index contributed by atoms with van der Waals surface area (Å²) in [5.74, 6) is 2.15. The average molecular weight is 428 g/mol. The molecule has 22 heavy (non-hydrogen) atoms. The molecule has 0 saturated heterocycles. The van der Waals surface area contributed by atoms with Crippen molar-refractivity contribution < 1.29 is 0 Å². The van der Waals surface area contributed by atoms with Gasteiger partial charge in [-0.05, 0) is 56.3 Å². The van der Waals surface area contributed by atoms with E-state index >= 15 is 0 Å². The third-order valence-electron chi connectivity index (χ3n) is 4.82. The summed E-state index contributed by atoms with van der Waals surface area (Å²) in [5, 5.41) is 0. The molecule has 2 nitrogen and oxygen atoms in total. The minimum Gasteiger partial charge on any atom is -0.342 e. The van der Waals surface area contributed by atoms with Crippen molar-refractivity contribution >= 4 is 42.9 Å². The molecule has 0 bridgehead atoms. The lowest BCUT2D eigenvalue weighted by Crippen LogP contribution is -2.05. The Morgan fingerprint density at radius 3 is 2.59 bits per heavy atom. The quantitative estimate of drug-likeness (QED) is 0.506. The van der Waals surface area contributed by atoms with Crippen LogP contribution in [0.3, 0.4) is 0 Å². The molecule has 0 unspecified atom stereocenters. The second-order valence-corrected chi connectivity index (χ2v) is 8.28. The van der Waals surface area contributed by atoms with Crippen LogP contribution in [0.15, 0.2) is 21.1 Å². The summed E-state index contributed by atoms with van der Waals surface area (Å²) in [6.45, 7) is 0. The summed E-state index contributed by atoms with van der Waals surface area (Å²) in [5.41, 5.74) is 2.17. The number of nitrogens with zero attached hydrogens (tertiary/aromatic N) is 1. The van der Waals surface area contributed by atoms with Crippen LogP contribution in [0.2, 0.25) is 0 Å². The van der Waals surface area contributed by atoms with E-state index in [9.17, 15) is 0 Å². The number of H-pyrrole nitrogens is 1. The number of imidazole rings is 1. The predicted octanol–water partition coefficient (Wildman–Crippen LogP) is 6.77. The third-order valence-corrected chi connectivity index (χ3v) is 6.67. The van der Waals surface area contributed by atoms with Gasteiger partial charge in [0.15, 0.2) is 0 Å². The monoisotopic (exact) mass is 426 g/mol. The highest BCUT2D eigenvalue weighted by Crippen LogP contribution is 2.29. The number of aryl methyl sites for hydroxylation is 1. The van der Waals surface area contributed by atoms with Crippen LogP contribution in [0.1, 0.15) is 63.6 Å². The Labute approximate surface area is 149 Å². The van der Waals surface area contributed by atoms with Gasteiger partial charge in [-0.3, -0.25) is 0 Å². The van der Waals surface area contributed by atoms with Gasteiger partial charge in [0, 0.05) is 15.4 Å². The molecule has 0 aliphatic heterocycles. The summed E-state index contributed by atoms with van der Waals surface area (Å²) < 4.78 is 2.13. The van der Waals surface area contributed by atoms with Crippen molar-refractivity contribution in [1.82, 2.24) is 9.97 Å². The molecule has 0 radical (unpaired) electrons. The Bertz CT molecular complexity index is 576. The number of hydrogen-bond acceptors (Lipinski definition) is 1. The van der Waals surface area contributed by atoms with Crippen molar-refractivity contribution in [2.24, 2.45) is 5.92 Å². The van der Waals surface area contributed by atoms with Crippen LogP contribution in [0.5, 0.6) is 0 Å². The molecule has 1 saturated carbocycles. The maximum Gasteiger partial charge on any atom is 0.107 e. The molecule has 4 heteroatoms. The molecule has 1 fully saturated rings. The van der Waals surface area contributed by atoms with Crippen molar-refractivity contribution in [1.29, 1.82) is 0 Å². The maximum absolute atomic E-state index is 4.70. The fraction of sp³-hybridized carbons (Fsp3) is 0.611. The van der Waals surface area contributed by atoms with Gasteiger partial charge in [-0.15, -0.1) is 0 Å². The minimum atomic E-state index is 1.02. The maximum atomic E-state index is 4.70. The van der Waals surface area contributed by atoms with Gasteiger partial charge in [0.25, 0.3) is 0 Å². The Hall–Kier alpha value is -0.350. The number of benzene rings is 1. The molecule has 1 heterocycles. The van der Waals surface area contributed by atoms with Gasteiger partial charge in [-0.25, -0.2) is 4.98 Å². The molecule has 120 valence electrons. The molecule has 0 amide bonds. The van der Waals surface area contributed by atoms with E-state index in [1.807, 2.05) is 0 Å². The van der Waals surface area contributed by atoms with E-state index in [0.29, 0.717) is 0 Å². The van der Waals surface area contributed by atoms with E-state index in [1.165, 1.54) is 57.8 Å². The number of fused-ring (bicyclic) bond motifs is 1. The second kappa shape index (κ2) is 7.96. The van der Waals surface area contributed by atoms with Crippen LogP contribution in [0.4, 0.5) is 0 Å². The Morgan fingerprint density at radius 2 is 1.77 bits per heavy atom. The van der Waals surface area contributed by atoms with Gasteiger partial charge in [0.1, 0.15) is 5.82 Å². The van der Waals surface area contributed by atoms with Crippen LogP contribution in [0, 0.1) is 5.92 Å². The topological polar surface area (TPSA) is 28.7 Å². The summed E-state index contributed by atoms with van der Waals surface area (Å²) in [6, 6.07) is 4.17. The van der Waals surface area contributed by atoms with E-state index in [1.54, 1.807) is 0 Å². The molecule has 1 aliphatic rings. The molecule has 3 rings (SSSR count). The first-order valence-corrected chi connectivity index (χ1v) is 10.1. The molecular weight excluding hydrogens is 404 g/mol. The smallest absolute Gasteiger partial charge is 0.107 e. The number of halogens is 2. The highest BCUT2D eigenvalue weighted by Gasteiger charge is 2.12. The standard InChI is InChI=1S/C18H24Br2N2/c19-14-11-16-17(12-15(14)20)22-18(21-16)10-6-2-5-9-13-7-3-1-4-8-13/h11-13H,1-10H2,(H,21,22). The molecule has 0 spiro atoms. The van der Waals surface area contributed by atoms with Crippen molar-refractivity contribution in [3.05, 3.63) is 26.9 Å².